The number of anilines is 1. The summed E-state index contributed by atoms with van der Waals surface area (Å²) in [6.07, 6.45) is 1.50. The van der Waals surface area contributed by atoms with E-state index in [0.717, 1.165) is 6.07 Å². The number of likely N-dealkylation sites (N-methyl/N-ethyl adjacent to an activating group) is 1. The molecule has 12 heteroatoms. The molecule has 2 aliphatic rings. The molecule has 0 unspecified atom stereocenters. The van der Waals surface area contributed by atoms with Crippen molar-refractivity contribution in [1.29, 1.82) is 0 Å². The number of piperazine rings is 1. The van der Waals surface area contributed by atoms with E-state index in [1.165, 1.54) is 22.7 Å². The fraction of sp³-hybridized carbons (Fsp3) is 0.316. The number of nitrogens with one attached hydrogen (secondary N) is 1. The van der Waals surface area contributed by atoms with E-state index in [9.17, 15) is 18.5 Å². The second-order valence-electron chi connectivity index (χ2n) is 7.13. The van der Waals surface area contributed by atoms with Gasteiger partial charge in [0.1, 0.15) is 4.90 Å². The second-order valence-corrected chi connectivity index (χ2v) is 9.03. The number of hydrogen-bond acceptors (Lipinski definition) is 9. The number of sulfonamides is 1. The van der Waals surface area contributed by atoms with Crippen LogP contribution >= 0.6 is 0 Å². The monoisotopic (exact) mass is 447 g/mol. The molecule has 2 heterocycles. The van der Waals surface area contributed by atoms with Crippen molar-refractivity contribution < 1.29 is 22.8 Å². The van der Waals surface area contributed by atoms with Gasteiger partial charge in [0.15, 0.2) is 11.5 Å². The Morgan fingerprint density at radius 3 is 2.58 bits per heavy atom. The fourth-order valence-corrected chi connectivity index (χ4v) is 4.85. The van der Waals surface area contributed by atoms with E-state index in [0.29, 0.717) is 43.2 Å². The van der Waals surface area contributed by atoms with E-state index in [2.05, 4.69) is 10.5 Å². The van der Waals surface area contributed by atoms with Crippen LogP contribution in [0.5, 0.6) is 11.5 Å². The molecule has 1 fully saturated rings. The van der Waals surface area contributed by atoms with Gasteiger partial charge in [0.2, 0.25) is 16.8 Å². The van der Waals surface area contributed by atoms with Crippen LogP contribution in [-0.2, 0) is 10.0 Å². The molecule has 0 radical (unpaired) electrons. The summed E-state index contributed by atoms with van der Waals surface area (Å²) >= 11 is 0. The zero-order chi connectivity index (χ0) is 22.0. The van der Waals surface area contributed by atoms with Crippen LogP contribution in [0, 0.1) is 10.1 Å². The van der Waals surface area contributed by atoms with Crippen LogP contribution in [0.1, 0.15) is 5.56 Å². The Hall–Kier alpha value is -3.22. The average molecular weight is 447 g/mol. The summed E-state index contributed by atoms with van der Waals surface area (Å²) in [6.45, 7) is 1.94. The molecule has 1 N–H and O–H groups in total. The minimum Gasteiger partial charge on any atom is -0.454 e. The maximum absolute atomic E-state index is 13.2. The van der Waals surface area contributed by atoms with Gasteiger partial charge in [-0.15, -0.1) is 0 Å². The summed E-state index contributed by atoms with van der Waals surface area (Å²) in [6, 6.07) is 8.91. The number of non-ortho nitro benzene ring substituents is 1. The molecule has 4 rings (SSSR count). The predicted molar refractivity (Wildman–Crippen MR) is 113 cm³/mol. The molecule has 0 saturated carbocycles. The molecule has 1 saturated heterocycles. The average Bonchev–Trinajstić information content (AvgIpc) is 3.22. The molecule has 0 amide bonds. The van der Waals surface area contributed by atoms with Crippen LogP contribution in [-0.4, -0.2) is 68.8 Å². The highest BCUT2D eigenvalue weighted by Gasteiger charge is 2.31. The van der Waals surface area contributed by atoms with Gasteiger partial charge in [0.25, 0.3) is 5.69 Å². The Labute approximate surface area is 179 Å². The smallest absolute Gasteiger partial charge is 0.270 e. The molecule has 2 aromatic rings. The molecule has 11 nitrogen and oxygen atoms in total. The number of nitrogens with zero attached hydrogens (tertiary/aromatic N) is 4. The zero-order valence-corrected chi connectivity index (χ0v) is 17.5. The standard InChI is InChI=1S/C19H21N5O6S/c1-22-6-8-23(9-7-22)31(27,28)19-11-15(24(25)26)3-4-16(19)21-20-12-14-2-5-17-18(10-14)30-13-29-17/h2-5,10-12,21H,6-9,13H2,1H3/b20-12-. The Morgan fingerprint density at radius 2 is 1.84 bits per heavy atom. The van der Waals surface area contributed by atoms with Crippen LogP contribution in [0.25, 0.3) is 0 Å². The van der Waals surface area contributed by atoms with E-state index >= 15 is 0 Å². The lowest BCUT2D eigenvalue weighted by atomic mass is 10.2. The molecular weight excluding hydrogens is 426 g/mol. The summed E-state index contributed by atoms with van der Waals surface area (Å²) in [4.78, 5) is 12.4. The van der Waals surface area contributed by atoms with Crippen LogP contribution in [0.4, 0.5) is 11.4 Å². The van der Waals surface area contributed by atoms with Gasteiger partial charge in [-0.1, -0.05) is 0 Å². The highest BCUT2D eigenvalue weighted by molar-refractivity contribution is 7.89. The zero-order valence-electron chi connectivity index (χ0n) is 16.7. The van der Waals surface area contributed by atoms with Gasteiger partial charge in [0.05, 0.1) is 16.8 Å². The van der Waals surface area contributed by atoms with Gasteiger partial charge in [-0.2, -0.15) is 9.41 Å². The highest BCUT2D eigenvalue weighted by atomic mass is 32.2. The number of hydrazone groups is 1. The molecule has 2 aromatic carbocycles. The lowest BCUT2D eigenvalue weighted by molar-refractivity contribution is -0.385. The Morgan fingerprint density at radius 1 is 1.10 bits per heavy atom. The third kappa shape index (κ3) is 4.45. The first-order valence-electron chi connectivity index (χ1n) is 9.50. The topological polar surface area (TPSA) is 127 Å². The number of hydrogen-bond donors (Lipinski definition) is 1. The van der Waals surface area contributed by atoms with Crippen molar-refractivity contribution in [2.75, 3.05) is 45.4 Å². The maximum Gasteiger partial charge on any atom is 0.270 e. The molecular formula is C19H21N5O6S. The van der Waals surface area contributed by atoms with Crippen molar-refractivity contribution in [1.82, 2.24) is 9.21 Å². The highest BCUT2D eigenvalue weighted by Crippen LogP contribution is 2.32. The first-order chi connectivity index (χ1) is 14.8. The summed E-state index contributed by atoms with van der Waals surface area (Å²) in [7, 11) is -2.03. The van der Waals surface area contributed by atoms with E-state index in [4.69, 9.17) is 9.47 Å². The van der Waals surface area contributed by atoms with Crippen LogP contribution in [0.15, 0.2) is 46.4 Å². The molecule has 0 aliphatic carbocycles. The third-order valence-corrected chi connectivity index (χ3v) is 6.99. The fourth-order valence-electron chi connectivity index (χ4n) is 3.27. The van der Waals surface area contributed by atoms with E-state index in [-0.39, 0.29) is 23.1 Å². The van der Waals surface area contributed by atoms with Gasteiger partial charge >= 0.3 is 0 Å². The van der Waals surface area contributed by atoms with Crippen LogP contribution in [0.2, 0.25) is 0 Å². The third-order valence-electron chi connectivity index (χ3n) is 5.05. The van der Waals surface area contributed by atoms with Crippen molar-refractivity contribution in [3.63, 3.8) is 0 Å². The number of nitro benzene ring substituents is 1. The van der Waals surface area contributed by atoms with E-state index in [1.54, 1.807) is 18.2 Å². The Kier molecular flexibility index (Phi) is 5.76. The largest absolute Gasteiger partial charge is 0.454 e. The lowest BCUT2D eigenvalue weighted by Crippen LogP contribution is -2.47. The molecule has 0 aromatic heterocycles. The quantitative estimate of drug-likeness (QED) is 0.403. The summed E-state index contributed by atoms with van der Waals surface area (Å²) in [5.74, 6) is 1.23. The van der Waals surface area contributed by atoms with Crippen molar-refractivity contribution in [2.24, 2.45) is 5.10 Å². The van der Waals surface area contributed by atoms with E-state index in [1.807, 2.05) is 11.9 Å². The summed E-state index contributed by atoms with van der Waals surface area (Å²) < 4.78 is 38.3. The Balaban J connectivity index is 1.60. The van der Waals surface area contributed by atoms with Gasteiger partial charge in [0, 0.05) is 38.3 Å². The SMILES string of the molecule is CN1CCN(S(=O)(=O)c2cc([N+](=O)[O-])ccc2N/N=C\c2ccc3c(c2)OCO3)CC1. The number of rotatable bonds is 6. The summed E-state index contributed by atoms with van der Waals surface area (Å²) in [5.41, 5.74) is 3.27. The van der Waals surface area contributed by atoms with Crippen molar-refractivity contribution in [3.8, 4) is 11.5 Å². The predicted octanol–water partition coefficient (Wildman–Crippen LogP) is 1.71. The molecule has 0 spiro atoms. The number of fused-ring (bicyclic) bond motifs is 1. The molecule has 2 aliphatic heterocycles. The first kappa shape index (κ1) is 21.0. The van der Waals surface area contributed by atoms with Crippen molar-refractivity contribution in [3.05, 3.63) is 52.1 Å². The number of ether oxygens (including phenoxy) is 2. The van der Waals surface area contributed by atoms with Gasteiger partial charge in [-0.05, 0) is 36.9 Å². The minimum absolute atomic E-state index is 0.154. The minimum atomic E-state index is -3.95. The van der Waals surface area contributed by atoms with Crippen molar-refractivity contribution >= 4 is 27.6 Å². The van der Waals surface area contributed by atoms with Crippen LogP contribution in [0.3, 0.4) is 0 Å². The Bertz CT molecular complexity index is 1130. The van der Waals surface area contributed by atoms with Gasteiger partial charge in [-0.3, -0.25) is 15.5 Å². The van der Waals surface area contributed by atoms with Crippen LogP contribution < -0.4 is 14.9 Å². The molecule has 0 bridgehead atoms. The summed E-state index contributed by atoms with van der Waals surface area (Å²) in [5, 5.41) is 15.3. The number of benzene rings is 2. The normalized spacial score (nSPS) is 17.2. The van der Waals surface area contributed by atoms with Gasteiger partial charge < -0.3 is 14.4 Å². The van der Waals surface area contributed by atoms with Gasteiger partial charge in [-0.25, -0.2) is 8.42 Å². The molecule has 0 atom stereocenters. The van der Waals surface area contributed by atoms with Crippen molar-refractivity contribution in [2.45, 2.75) is 4.90 Å². The molecule has 31 heavy (non-hydrogen) atoms. The molecule has 164 valence electrons. The van der Waals surface area contributed by atoms with E-state index < -0.39 is 14.9 Å². The second kappa shape index (κ2) is 8.49. The number of nitro groups is 1. The first-order valence-corrected chi connectivity index (χ1v) is 10.9. The lowest BCUT2D eigenvalue weighted by Gasteiger charge is -2.31. The maximum atomic E-state index is 13.2.